The Balaban J connectivity index is 2.90. The first-order chi connectivity index (χ1) is 6.13. The molecule has 1 rings (SSSR count). The zero-order chi connectivity index (χ0) is 9.84. The third-order valence-corrected chi connectivity index (χ3v) is 1.81. The van der Waals surface area contributed by atoms with Crippen molar-refractivity contribution < 1.29 is 9.13 Å². The normalized spacial score (nSPS) is 11.5. The van der Waals surface area contributed by atoms with E-state index in [1.165, 1.54) is 12.1 Å². The van der Waals surface area contributed by atoms with Gasteiger partial charge in [0.2, 0.25) is 0 Å². The number of halogens is 1. The molecular weight excluding hydrogens is 167 g/mol. The van der Waals surface area contributed by atoms with Crippen molar-refractivity contribution in [3.05, 3.63) is 41.4 Å². The van der Waals surface area contributed by atoms with Crippen molar-refractivity contribution >= 4 is 0 Å². The fourth-order valence-electron chi connectivity index (χ4n) is 0.960. The smallest absolute Gasteiger partial charge is 0.130 e. The maximum atomic E-state index is 12.7. The Kier molecular flexibility index (Phi) is 3.07. The largest absolute Gasteiger partial charge is 0.462 e. The van der Waals surface area contributed by atoms with Crippen LogP contribution >= 0.6 is 0 Å². The standard InChI is InChI=1S/C11H13FO/c1-4-9(3)13-11-6-5-10(12)7-8(11)2/h4-7H,1-3H3/b9-4-. The minimum Gasteiger partial charge on any atom is -0.462 e. The molecule has 0 radical (unpaired) electrons. The monoisotopic (exact) mass is 180 g/mol. The number of ether oxygens (including phenoxy) is 1. The number of hydrogen-bond donors (Lipinski definition) is 0. The van der Waals surface area contributed by atoms with Crippen LogP contribution in [0, 0.1) is 12.7 Å². The molecule has 13 heavy (non-hydrogen) atoms. The molecule has 1 aromatic rings. The van der Waals surface area contributed by atoms with Crippen LogP contribution in [0.2, 0.25) is 0 Å². The van der Waals surface area contributed by atoms with Crippen LogP contribution in [0.15, 0.2) is 30.0 Å². The Morgan fingerprint density at radius 1 is 1.46 bits per heavy atom. The molecule has 0 aliphatic heterocycles. The lowest BCUT2D eigenvalue weighted by Crippen LogP contribution is -1.92. The summed E-state index contributed by atoms with van der Waals surface area (Å²) in [4.78, 5) is 0. The van der Waals surface area contributed by atoms with Gasteiger partial charge in [-0.1, -0.05) is 0 Å². The quantitative estimate of drug-likeness (QED) is 0.633. The molecule has 0 saturated heterocycles. The SMILES string of the molecule is C/C=C(/C)Oc1ccc(F)cc1C. The molecule has 0 spiro atoms. The van der Waals surface area contributed by atoms with E-state index in [0.29, 0.717) is 5.75 Å². The van der Waals surface area contributed by atoms with E-state index in [1.54, 1.807) is 6.07 Å². The van der Waals surface area contributed by atoms with Crippen molar-refractivity contribution in [2.24, 2.45) is 0 Å². The third kappa shape index (κ3) is 2.58. The first-order valence-corrected chi connectivity index (χ1v) is 4.20. The molecule has 0 bridgehead atoms. The maximum Gasteiger partial charge on any atom is 0.130 e. The molecule has 0 unspecified atom stereocenters. The first kappa shape index (κ1) is 9.78. The first-order valence-electron chi connectivity index (χ1n) is 4.20. The van der Waals surface area contributed by atoms with E-state index in [4.69, 9.17) is 4.74 Å². The van der Waals surface area contributed by atoms with Gasteiger partial charge in [0.05, 0.1) is 5.76 Å². The highest BCUT2D eigenvalue weighted by molar-refractivity contribution is 5.33. The van der Waals surface area contributed by atoms with Crippen LogP contribution in [0.5, 0.6) is 5.75 Å². The number of aryl methyl sites for hydroxylation is 1. The van der Waals surface area contributed by atoms with Crippen LogP contribution < -0.4 is 4.74 Å². The van der Waals surface area contributed by atoms with Gasteiger partial charge >= 0.3 is 0 Å². The van der Waals surface area contributed by atoms with Gasteiger partial charge < -0.3 is 4.74 Å². The second kappa shape index (κ2) is 4.08. The summed E-state index contributed by atoms with van der Waals surface area (Å²) in [6, 6.07) is 4.49. The van der Waals surface area contributed by atoms with E-state index < -0.39 is 0 Å². The van der Waals surface area contributed by atoms with E-state index in [-0.39, 0.29) is 5.82 Å². The average Bonchev–Trinajstić information content (AvgIpc) is 2.09. The molecular formula is C11H13FO. The Morgan fingerprint density at radius 3 is 2.69 bits per heavy atom. The van der Waals surface area contributed by atoms with Crippen LogP contribution in [-0.4, -0.2) is 0 Å². The zero-order valence-electron chi connectivity index (χ0n) is 8.10. The molecule has 0 atom stereocenters. The van der Waals surface area contributed by atoms with Gasteiger partial charge in [-0.25, -0.2) is 4.39 Å². The molecule has 0 heterocycles. The fourth-order valence-corrected chi connectivity index (χ4v) is 0.960. The minimum atomic E-state index is -0.233. The summed E-state index contributed by atoms with van der Waals surface area (Å²) in [6.45, 7) is 5.58. The minimum absolute atomic E-state index is 0.233. The number of hydrogen-bond acceptors (Lipinski definition) is 1. The van der Waals surface area contributed by atoms with Crippen molar-refractivity contribution in [3.63, 3.8) is 0 Å². The highest BCUT2D eigenvalue weighted by Crippen LogP contribution is 2.20. The Hall–Kier alpha value is -1.31. The summed E-state index contributed by atoms with van der Waals surface area (Å²) in [5.41, 5.74) is 0.807. The molecule has 0 aliphatic carbocycles. The zero-order valence-corrected chi connectivity index (χ0v) is 8.10. The van der Waals surface area contributed by atoms with Crippen molar-refractivity contribution in [2.45, 2.75) is 20.8 Å². The summed E-state index contributed by atoms with van der Waals surface area (Å²) < 4.78 is 18.1. The van der Waals surface area contributed by atoms with E-state index in [0.717, 1.165) is 11.3 Å². The average molecular weight is 180 g/mol. The van der Waals surface area contributed by atoms with Gasteiger partial charge in [0, 0.05) is 0 Å². The van der Waals surface area contributed by atoms with Gasteiger partial charge in [0.25, 0.3) is 0 Å². The lowest BCUT2D eigenvalue weighted by atomic mass is 10.2. The van der Waals surface area contributed by atoms with Crippen LogP contribution in [-0.2, 0) is 0 Å². The van der Waals surface area contributed by atoms with Gasteiger partial charge in [0.1, 0.15) is 11.6 Å². The molecule has 0 amide bonds. The molecule has 70 valence electrons. The Labute approximate surface area is 77.8 Å². The van der Waals surface area contributed by atoms with E-state index in [1.807, 2.05) is 26.8 Å². The van der Waals surface area contributed by atoms with Crippen molar-refractivity contribution in [3.8, 4) is 5.75 Å². The van der Waals surface area contributed by atoms with Gasteiger partial charge in [-0.05, 0) is 50.6 Å². The van der Waals surface area contributed by atoms with E-state index >= 15 is 0 Å². The predicted molar refractivity (Wildman–Crippen MR) is 51.2 cm³/mol. The molecule has 0 saturated carbocycles. The van der Waals surface area contributed by atoms with Gasteiger partial charge in [-0.15, -0.1) is 0 Å². The highest BCUT2D eigenvalue weighted by atomic mass is 19.1. The molecule has 0 N–H and O–H groups in total. The maximum absolute atomic E-state index is 12.7. The Morgan fingerprint density at radius 2 is 2.15 bits per heavy atom. The summed E-state index contributed by atoms with van der Waals surface area (Å²) >= 11 is 0. The van der Waals surface area contributed by atoms with Crippen molar-refractivity contribution in [2.75, 3.05) is 0 Å². The number of benzene rings is 1. The molecule has 0 aromatic heterocycles. The predicted octanol–water partition coefficient (Wildman–Crippen LogP) is 3.44. The molecule has 1 aromatic carbocycles. The lowest BCUT2D eigenvalue weighted by Gasteiger charge is -2.07. The van der Waals surface area contributed by atoms with Crippen molar-refractivity contribution in [1.82, 2.24) is 0 Å². The second-order valence-electron chi connectivity index (χ2n) is 2.91. The summed E-state index contributed by atoms with van der Waals surface area (Å²) in [6.07, 6.45) is 1.86. The van der Waals surface area contributed by atoms with Crippen molar-refractivity contribution in [1.29, 1.82) is 0 Å². The summed E-state index contributed by atoms with van der Waals surface area (Å²) in [5, 5.41) is 0. The van der Waals surface area contributed by atoms with Crippen LogP contribution in [0.4, 0.5) is 4.39 Å². The molecule has 0 aliphatic rings. The number of allylic oxidation sites excluding steroid dienone is 2. The number of rotatable bonds is 2. The van der Waals surface area contributed by atoms with Crippen LogP contribution in [0.1, 0.15) is 19.4 Å². The van der Waals surface area contributed by atoms with Crippen LogP contribution in [0.25, 0.3) is 0 Å². The van der Waals surface area contributed by atoms with Gasteiger partial charge in [-0.2, -0.15) is 0 Å². The summed E-state index contributed by atoms with van der Waals surface area (Å²) in [5.74, 6) is 1.29. The van der Waals surface area contributed by atoms with E-state index in [9.17, 15) is 4.39 Å². The van der Waals surface area contributed by atoms with Gasteiger partial charge in [0.15, 0.2) is 0 Å². The Bertz CT molecular complexity index is 329. The third-order valence-electron chi connectivity index (χ3n) is 1.81. The fraction of sp³-hybridized carbons (Fsp3) is 0.273. The molecule has 1 nitrogen and oxygen atoms in total. The molecule has 0 fully saturated rings. The topological polar surface area (TPSA) is 9.23 Å². The highest BCUT2D eigenvalue weighted by Gasteiger charge is 2.00. The van der Waals surface area contributed by atoms with Crippen LogP contribution in [0.3, 0.4) is 0 Å². The summed E-state index contributed by atoms with van der Waals surface area (Å²) in [7, 11) is 0. The van der Waals surface area contributed by atoms with Gasteiger partial charge in [-0.3, -0.25) is 0 Å². The lowest BCUT2D eigenvalue weighted by molar-refractivity contribution is 0.422. The van der Waals surface area contributed by atoms with E-state index in [2.05, 4.69) is 0 Å². The second-order valence-corrected chi connectivity index (χ2v) is 2.91. The molecule has 2 heteroatoms.